The average Bonchev–Trinajstić information content (AvgIpc) is 2.76. The molecule has 0 fully saturated rings. The fourth-order valence-electron chi connectivity index (χ4n) is 1.97. The summed E-state index contributed by atoms with van der Waals surface area (Å²) in [7, 11) is 3.88. The van der Waals surface area contributed by atoms with Crippen LogP contribution in [0.2, 0.25) is 10.0 Å². The highest BCUT2D eigenvalue weighted by Gasteiger charge is 2.17. The third kappa shape index (κ3) is 2.69. The van der Waals surface area contributed by atoms with Crippen LogP contribution in [0.1, 0.15) is 17.4 Å². The average molecular weight is 284 g/mol. The molecule has 0 saturated carbocycles. The van der Waals surface area contributed by atoms with Gasteiger partial charge in [-0.15, -0.1) is 0 Å². The molecule has 1 atom stereocenters. The molecule has 0 amide bonds. The highest BCUT2D eigenvalue weighted by Crippen LogP contribution is 2.28. The molecule has 1 N–H and O–H groups in total. The minimum Gasteiger partial charge on any atom is -0.337 e. The number of likely N-dealkylation sites (N-methyl/N-ethyl adjacent to an activating group) is 1. The maximum atomic E-state index is 6.19. The van der Waals surface area contributed by atoms with Crippen molar-refractivity contribution in [3.05, 3.63) is 52.0 Å². The zero-order chi connectivity index (χ0) is 13.1. The summed E-state index contributed by atoms with van der Waals surface area (Å²) < 4.78 is 1.99. The molecule has 0 spiro atoms. The minimum absolute atomic E-state index is 0.0856. The van der Waals surface area contributed by atoms with Gasteiger partial charge in [-0.1, -0.05) is 29.3 Å². The summed E-state index contributed by atoms with van der Waals surface area (Å²) in [5.41, 5.74) is 0.947. The topological polar surface area (TPSA) is 29.9 Å². The Morgan fingerprint density at radius 3 is 2.50 bits per heavy atom. The quantitative estimate of drug-likeness (QED) is 0.934. The maximum Gasteiger partial charge on any atom is 0.125 e. The van der Waals surface area contributed by atoms with Gasteiger partial charge in [0, 0.05) is 29.5 Å². The van der Waals surface area contributed by atoms with E-state index in [-0.39, 0.29) is 6.04 Å². The van der Waals surface area contributed by atoms with Crippen LogP contribution in [0.15, 0.2) is 30.6 Å². The molecule has 0 radical (unpaired) electrons. The predicted molar refractivity (Wildman–Crippen MR) is 75.2 cm³/mol. The minimum atomic E-state index is 0.0856. The molecular formula is C13H15Cl2N3. The number of aryl methyl sites for hydroxylation is 1. The van der Waals surface area contributed by atoms with Gasteiger partial charge in [-0.3, -0.25) is 0 Å². The maximum absolute atomic E-state index is 6.19. The van der Waals surface area contributed by atoms with E-state index in [2.05, 4.69) is 10.3 Å². The number of benzene rings is 1. The summed E-state index contributed by atoms with van der Waals surface area (Å²) in [4.78, 5) is 4.36. The fourth-order valence-corrected chi connectivity index (χ4v) is 2.52. The second kappa shape index (κ2) is 5.74. The molecule has 0 aliphatic heterocycles. The normalized spacial score (nSPS) is 12.7. The van der Waals surface area contributed by atoms with Crippen LogP contribution >= 0.6 is 23.2 Å². The lowest BCUT2D eigenvalue weighted by atomic mass is 10.1. The smallest absolute Gasteiger partial charge is 0.125 e. The van der Waals surface area contributed by atoms with E-state index in [1.807, 2.05) is 43.1 Å². The van der Waals surface area contributed by atoms with Crippen molar-refractivity contribution in [1.82, 2.24) is 14.9 Å². The number of imidazole rings is 1. The summed E-state index contributed by atoms with van der Waals surface area (Å²) in [6.45, 7) is 0. The first-order valence-corrected chi connectivity index (χ1v) is 6.46. The summed E-state index contributed by atoms with van der Waals surface area (Å²) >= 11 is 12.4. The van der Waals surface area contributed by atoms with Crippen molar-refractivity contribution in [1.29, 1.82) is 0 Å². The fraction of sp³-hybridized carbons (Fsp3) is 0.308. The lowest BCUT2D eigenvalue weighted by Crippen LogP contribution is -2.22. The first-order valence-electron chi connectivity index (χ1n) is 5.71. The van der Waals surface area contributed by atoms with Crippen LogP contribution in [0.3, 0.4) is 0 Å². The molecule has 1 aromatic heterocycles. The highest BCUT2D eigenvalue weighted by molar-refractivity contribution is 6.36. The van der Waals surface area contributed by atoms with Gasteiger partial charge in [-0.05, 0) is 31.2 Å². The van der Waals surface area contributed by atoms with Gasteiger partial charge in [0.15, 0.2) is 0 Å². The van der Waals surface area contributed by atoms with E-state index >= 15 is 0 Å². The first kappa shape index (κ1) is 13.4. The van der Waals surface area contributed by atoms with Crippen molar-refractivity contribution >= 4 is 23.2 Å². The van der Waals surface area contributed by atoms with Crippen molar-refractivity contribution in [2.75, 3.05) is 7.05 Å². The number of nitrogens with zero attached hydrogens (tertiary/aromatic N) is 2. The Morgan fingerprint density at radius 1 is 1.33 bits per heavy atom. The van der Waals surface area contributed by atoms with Crippen molar-refractivity contribution in [3.8, 4) is 0 Å². The van der Waals surface area contributed by atoms with Crippen LogP contribution in [0.4, 0.5) is 0 Å². The predicted octanol–water partition coefficient (Wildman–Crippen LogP) is 3.23. The molecule has 0 saturated heterocycles. The number of aromatic nitrogens is 2. The lowest BCUT2D eigenvalue weighted by molar-refractivity contribution is 0.538. The lowest BCUT2D eigenvalue weighted by Gasteiger charge is -2.17. The van der Waals surface area contributed by atoms with Crippen LogP contribution in [-0.2, 0) is 13.5 Å². The van der Waals surface area contributed by atoms with Gasteiger partial charge in [-0.25, -0.2) is 4.98 Å². The van der Waals surface area contributed by atoms with E-state index in [0.717, 1.165) is 11.4 Å². The third-order valence-corrected chi connectivity index (χ3v) is 3.70. The van der Waals surface area contributed by atoms with Crippen molar-refractivity contribution < 1.29 is 0 Å². The Kier molecular flexibility index (Phi) is 4.27. The summed E-state index contributed by atoms with van der Waals surface area (Å²) in [5.74, 6) is 0.966. The SMILES string of the molecule is CNC(Cc1c(Cl)cccc1Cl)c1nccn1C. The summed E-state index contributed by atoms with van der Waals surface area (Å²) in [6, 6.07) is 5.65. The molecule has 1 heterocycles. The van der Waals surface area contributed by atoms with Gasteiger partial charge >= 0.3 is 0 Å². The largest absolute Gasteiger partial charge is 0.337 e. The van der Waals surface area contributed by atoms with E-state index in [4.69, 9.17) is 23.2 Å². The number of hydrogen-bond acceptors (Lipinski definition) is 2. The van der Waals surface area contributed by atoms with Crippen LogP contribution in [0.25, 0.3) is 0 Å². The highest BCUT2D eigenvalue weighted by atomic mass is 35.5. The Morgan fingerprint density at radius 2 is 2.00 bits per heavy atom. The van der Waals surface area contributed by atoms with Crippen molar-refractivity contribution in [2.24, 2.45) is 7.05 Å². The number of halogens is 2. The molecular weight excluding hydrogens is 269 g/mol. The molecule has 2 aromatic rings. The molecule has 1 unspecified atom stereocenters. The number of nitrogens with one attached hydrogen (secondary N) is 1. The Bertz CT molecular complexity index is 517. The zero-order valence-electron chi connectivity index (χ0n) is 10.3. The van der Waals surface area contributed by atoms with Crippen molar-refractivity contribution in [3.63, 3.8) is 0 Å². The van der Waals surface area contributed by atoms with Gasteiger partial charge in [0.1, 0.15) is 5.82 Å². The Hall–Kier alpha value is -1.03. The standard InChI is InChI=1S/C13H15Cl2N3/c1-16-12(13-17-6-7-18(13)2)8-9-10(14)4-3-5-11(9)15/h3-7,12,16H,8H2,1-2H3. The summed E-state index contributed by atoms with van der Waals surface area (Å²) in [5, 5.41) is 4.63. The summed E-state index contributed by atoms with van der Waals surface area (Å²) in [6.07, 6.45) is 4.42. The second-order valence-electron chi connectivity index (χ2n) is 4.14. The molecule has 18 heavy (non-hydrogen) atoms. The monoisotopic (exact) mass is 283 g/mol. The second-order valence-corrected chi connectivity index (χ2v) is 4.96. The van der Waals surface area contributed by atoms with E-state index in [1.54, 1.807) is 6.20 Å². The zero-order valence-corrected chi connectivity index (χ0v) is 11.8. The number of rotatable bonds is 4. The van der Waals surface area contributed by atoms with Crippen LogP contribution in [0.5, 0.6) is 0 Å². The molecule has 2 rings (SSSR count). The molecule has 0 aliphatic carbocycles. The first-order chi connectivity index (χ1) is 8.63. The van der Waals surface area contributed by atoms with Crippen LogP contribution < -0.4 is 5.32 Å². The molecule has 5 heteroatoms. The Labute approximate surface area is 117 Å². The van der Waals surface area contributed by atoms with Gasteiger partial charge in [0.25, 0.3) is 0 Å². The van der Waals surface area contributed by atoms with Crippen LogP contribution in [0, 0.1) is 0 Å². The molecule has 0 bridgehead atoms. The van der Waals surface area contributed by atoms with Gasteiger partial charge in [-0.2, -0.15) is 0 Å². The third-order valence-electron chi connectivity index (χ3n) is 2.99. The van der Waals surface area contributed by atoms with E-state index in [9.17, 15) is 0 Å². The van der Waals surface area contributed by atoms with Crippen molar-refractivity contribution in [2.45, 2.75) is 12.5 Å². The van der Waals surface area contributed by atoms with Gasteiger partial charge in [0.2, 0.25) is 0 Å². The Balaban J connectivity index is 2.29. The molecule has 0 aliphatic rings. The molecule has 1 aromatic carbocycles. The van der Waals surface area contributed by atoms with E-state index in [1.165, 1.54) is 0 Å². The number of hydrogen-bond donors (Lipinski definition) is 1. The molecule has 3 nitrogen and oxygen atoms in total. The van der Waals surface area contributed by atoms with E-state index < -0.39 is 0 Å². The van der Waals surface area contributed by atoms with Gasteiger partial charge < -0.3 is 9.88 Å². The van der Waals surface area contributed by atoms with E-state index in [0.29, 0.717) is 16.5 Å². The van der Waals surface area contributed by atoms with Crippen LogP contribution in [-0.4, -0.2) is 16.6 Å². The van der Waals surface area contributed by atoms with Gasteiger partial charge in [0.05, 0.1) is 6.04 Å². The molecule has 96 valence electrons.